The van der Waals surface area contributed by atoms with Crippen molar-refractivity contribution in [2.24, 2.45) is 0 Å². The Labute approximate surface area is 161 Å². The summed E-state index contributed by atoms with van der Waals surface area (Å²) < 4.78 is 0. The molecule has 0 aromatic heterocycles. The zero-order chi connectivity index (χ0) is 19.2. The highest BCUT2D eigenvalue weighted by molar-refractivity contribution is 6.30. The SMILES string of the molecule is N#Cc1ccccc1NC(=O)c1ccc(C(=O)Nc2ccc(Cl)cc2)cc1. The molecule has 5 nitrogen and oxygen atoms in total. The summed E-state index contributed by atoms with van der Waals surface area (Å²) in [5.41, 5.74) is 2.24. The van der Waals surface area contributed by atoms with E-state index in [9.17, 15) is 9.59 Å². The van der Waals surface area contributed by atoms with Crippen molar-refractivity contribution in [2.75, 3.05) is 10.6 Å². The van der Waals surface area contributed by atoms with E-state index < -0.39 is 0 Å². The number of amides is 2. The maximum absolute atomic E-state index is 12.4. The van der Waals surface area contributed by atoms with E-state index in [1.807, 2.05) is 6.07 Å². The molecule has 6 heteroatoms. The van der Waals surface area contributed by atoms with E-state index >= 15 is 0 Å². The minimum Gasteiger partial charge on any atom is -0.322 e. The molecular weight excluding hydrogens is 362 g/mol. The van der Waals surface area contributed by atoms with Gasteiger partial charge in [-0.05, 0) is 60.7 Å². The van der Waals surface area contributed by atoms with Gasteiger partial charge in [-0.2, -0.15) is 5.26 Å². The standard InChI is InChI=1S/C21H14ClN3O2/c22-17-9-11-18(12-10-17)24-20(26)14-5-7-15(8-6-14)21(27)25-19-4-2-1-3-16(19)13-23/h1-12H,(H,24,26)(H,25,27). The number of para-hydroxylation sites is 1. The Morgan fingerprint density at radius 3 is 1.93 bits per heavy atom. The van der Waals surface area contributed by atoms with Crippen molar-refractivity contribution in [3.8, 4) is 6.07 Å². The van der Waals surface area contributed by atoms with Gasteiger partial charge in [0.2, 0.25) is 0 Å². The number of halogens is 1. The van der Waals surface area contributed by atoms with Crippen LogP contribution in [-0.4, -0.2) is 11.8 Å². The normalized spacial score (nSPS) is 9.93. The molecule has 2 N–H and O–H groups in total. The Bertz CT molecular complexity index is 1020. The average molecular weight is 376 g/mol. The van der Waals surface area contributed by atoms with Gasteiger partial charge in [0, 0.05) is 21.8 Å². The van der Waals surface area contributed by atoms with Crippen LogP contribution in [0.4, 0.5) is 11.4 Å². The second kappa shape index (κ2) is 8.17. The first kappa shape index (κ1) is 18.2. The number of nitrogens with one attached hydrogen (secondary N) is 2. The highest BCUT2D eigenvalue weighted by atomic mass is 35.5. The third-order valence-corrected chi connectivity index (χ3v) is 4.06. The number of nitrogens with zero attached hydrogens (tertiary/aromatic N) is 1. The molecule has 0 saturated carbocycles. The molecule has 3 aromatic carbocycles. The molecule has 0 saturated heterocycles. The van der Waals surface area contributed by atoms with Gasteiger partial charge in [0.15, 0.2) is 0 Å². The number of benzene rings is 3. The zero-order valence-corrected chi connectivity index (χ0v) is 14.8. The number of anilines is 2. The molecular formula is C21H14ClN3O2. The van der Waals surface area contributed by atoms with Crippen molar-refractivity contribution in [1.29, 1.82) is 5.26 Å². The van der Waals surface area contributed by atoms with Crippen LogP contribution in [0.1, 0.15) is 26.3 Å². The van der Waals surface area contributed by atoms with Crippen molar-refractivity contribution in [3.63, 3.8) is 0 Å². The predicted octanol–water partition coefficient (Wildman–Crippen LogP) is 4.72. The van der Waals surface area contributed by atoms with Gasteiger partial charge >= 0.3 is 0 Å². The summed E-state index contributed by atoms with van der Waals surface area (Å²) in [4.78, 5) is 24.6. The first-order valence-electron chi connectivity index (χ1n) is 8.04. The Kier molecular flexibility index (Phi) is 5.50. The maximum atomic E-state index is 12.4. The minimum absolute atomic E-state index is 0.292. The van der Waals surface area contributed by atoms with Crippen LogP contribution in [0.2, 0.25) is 5.02 Å². The highest BCUT2D eigenvalue weighted by Crippen LogP contribution is 2.17. The molecule has 0 heterocycles. The van der Waals surface area contributed by atoms with E-state index in [1.54, 1.807) is 72.8 Å². The molecule has 27 heavy (non-hydrogen) atoms. The van der Waals surface area contributed by atoms with Gasteiger partial charge in [-0.1, -0.05) is 23.7 Å². The fraction of sp³-hybridized carbons (Fsp3) is 0. The van der Waals surface area contributed by atoms with E-state index in [1.165, 1.54) is 0 Å². The smallest absolute Gasteiger partial charge is 0.255 e. The first-order valence-corrected chi connectivity index (χ1v) is 8.42. The minimum atomic E-state index is -0.359. The summed E-state index contributed by atoms with van der Waals surface area (Å²) >= 11 is 5.82. The number of carbonyl (C=O) groups is 2. The Balaban J connectivity index is 1.69. The van der Waals surface area contributed by atoms with Gasteiger partial charge in [0.25, 0.3) is 11.8 Å². The van der Waals surface area contributed by atoms with E-state index in [4.69, 9.17) is 16.9 Å². The second-order valence-corrected chi connectivity index (χ2v) is 6.09. The summed E-state index contributed by atoms with van der Waals surface area (Å²) in [5, 5.41) is 15.1. The average Bonchev–Trinajstić information content (AvgIpc) is 2.70. The molecule has 0 bridgehead atoms. The van der Waals surface area contributed by atoms with Crippen LogP contribution in [-0.2, 0) is 0 Å². The van der Waals surface area contributed by atoms with E-state index in [0.29, 0.717) is 33.1 Å². The zero-order valence-electron chi connectivity index (χ0n) is 14.1. The van der Waals surface area contributed by atoms with Crippen LogP contribution in [0, 0.1) is 11.3 Å². The highest BCUT2D eigenvalue weighted by Gasteiger charge is 2.11. The van der Waals surface area contributed by atoms with Crippen LogP contribution >= 0.6 is 11.6 Å². The summed E-state index contributed by atoms with van der Waals surface area (Å²) in [5.74, 6) is -0.651. The molecule has 0 aliphatic carbocycles. The van der Waals surface area contributed by atoms with Crippen LogP contribution in [0.5, 0.6) is 0 Å². The molecule has 0 unspecified atom stereocenters. The maximum Gasteiger partial charge on any atom is 0.255 e. The van der Waals surface area contributed by atoms with Gasteiger partial charge in [0.1, 0.15) is 6.07 Å². The van der Waals surface area contributed by atoms with Gasteiger partial charge in [-0.25, -0.2) is 0 Å². The molecule has 0 aliphatic heterocycles. The van der Waals surface area contributed by atoms with E-state index in [2.05, 4.69) is 10.6 Å². The Morgan fingerprint density at radius 1 is 0.778 bits per heavy atom. The van der Waals surface area contributed by atoms with Gasteiger partial charge in [0.05, 0.1) is 11.3 Å². The topological polar surface area (TPSA) is 82.0 Å². The number of hydrogen-bond acceptors (Lipinski definition) is 3. The van der Waals surface area contributed by atoms with Crippen molar-refractivity contribution < 1.29 is 9.59 Å². The third kappa shape index (κ3) is 4.51. The molecule has 3 rings (SSSR count). The molecule has 0 spiro atoms. The lowest BCUT2D eigenvalue weighted by Crippen LogP contribution is -2.14. The van der Waals surface area contributed by atoms with Crippen molar-refractivity contribution >= 4 is 34.8 Å². The second-order valence-electron chi connectivity index (χ2n) is 5.65. The van der Waals surface area contributed by atoms with E-state index in [-0.39, 0.29) is 11.8 Å². The number of hydrogen-bond donors (Lipinski definition) is 2. The number of carbonyl (C=O) groups excluding carboxylic acids is 2. The lowest BCUT2D eigenvalue weighted by atomic mass is 10.1. The van der Waals surface area contributed by atoms with Crippen LogP contribution in [0.15, 0.2) is 72.8 Å². The molecule has 2 amide bonds. The molecule has 0 aliphatic rings. The van der Waals surface area contributed by atoms with Crippen molar-refractivity contribution in [1.82, 2.24) is 0 Å². The third-order valence-electron chi connectivity index (χ3n) is 3.81. The fourth-order valence-corrected chi connectivity index (χ4v) is 2.52. The van der Waals surface area contributed by atoms with Crippen LogP contribution in [0.3, 0.4) is 0 Å². The summed E-state index contributed by atoms with van der Waals surface area (Å²) in [7, 11) is 0. The Morgan fingerprint density at radius 2 is 1.33 bits per heavy atom. The van der Waals surface area contributed by atoms with Gasteiger partial charge in [-0.3, -0.25) is 9.59 Å². The molecule has 132 valence electrons. The first-order chi connectivity index (χ1) is 13.1. The van der Waals surface area contributed by atoms with E-state index in [0.717, 1.165) is 0 Å². The quantitative estimate of drug-likeness (QED) is 0.692. The molecule has 0 atom stereocenters. The summed E-state index contributed by atoms with van der Waals surface area (Å²) in [6, 6.07) is 21.8. The lowest BCUT2D eigenvalue weighted by Gasteiger charge is -2.08. The molecule has 3 aromatic rings. The fourth-order valence-electron chi connectivity index (χ4n) is 2.39. The Hall–Kier alpha value is -3.62. The summed E-state index contributed by atoms with van der Waals surface area (Å²) in [6.07, 6.45) is 0. The molecule has 0 fully saturated rings. The van der Waals surface area contributed by atoms with Crippen molar-refractivity contribution in [2.45, 2.75) is 0 Å². The van der Waals surface area contributed by atoms with Crippen molar-refractivity contribution in [3.05, 3.63) is 94.5 Å². The van der Waals surface area contributed by atoms with Crippen LogP contribution in [0.25, 0.3) is 0 Å². The monoisotopic (exact) mass is 375 g/mol. The van der Waals surface area contributed by atoms with Gasteiger partial charge < -0.3 is 10.6 Å². The predicted molar refractivity (Wildman–Crippen MR) is 105 cm³/mol. The molecule has 0 radical (unpaired) electrons. The number of rotatable bonds is 4. The van der Waals surface area contributed by atoms with Crippen LogP contribution < -0.4 is 10.6 Å². The largest absolute Gasteiger partial charge is 0.322 e. The van der Waals surface area contributed by atoms with Gasteiger partial charge in [-0.15, -0.1) is 0 Å². The lowest BCUT2D eigenvalue weighted by molar-refractivity contribution is 0.101. The summed E-state index contributed by atoms with van der Waals surface area (Å²) in [6.45, 7) is 0. The number of nitriles is 1.